The Morgan fingerprint density at radius 3 is 2.57 bits per heavy atom. The first-order valence-corrected chi connectivity index (χ1v) is 7.48. The van der Waals surface area contributed by atoms with Gasteiger partial charge in [-0.2, -0.15) is 0 Å². The molecule has 2 atom stereocenters. The van der Waals surface area contributed by atoms with Crippen LogP contribution in [0.15, 0.2) is 18.2 Å². The smallest absolute Gasteiger partial charge is 0.126 e. The van der Waals surface area contributed by atoms with E-state index in [0.29, 0.717) is 18.0 Å². The summed E-state index contributed by atoms with van der Waals surface area (Å²) in [7, 11) is 4.16. The van der Waals surface area contributed by atoms with Gasteiger partial charge in [0.05, 0.1) is 6.10 Å². The molecule has 1 fully saturated rings. The van der Waals surface area contributed by atoms with Gasteiger partial charge in [-0.3, -0.25) is 0 Å². The van der Waals surface area contributed by atoms with Crippen molar-refractivity contribution in [3.63, 3.8) is 0 Å². The molecule has 5 heteroatoms. The summed E-state index contributed by atoms with van der Waals surface area (Å²) in [6.07, 6.45) is 2.01. The Labute approximate surface area is 125 Å². The van der Waals surface area contributed by atoms with Gasteiger partial charge in [-0.05, 0) is 57.6 Å². The predicted octanol–water partition coefficient (Wildman–Crippen LogP) is 2.41. The molecule has 21 heavy (non-hydrogen) atoms. The minimum atomic E-state index is -0.824. The van der Waals surface area contributed by atoms with Gasteiger partial charge in [0.25, 0.3) is 0 Å². The van der Waals surface area contributed by atoms with Crippen molar-refractivity contribution in [1.82, 2.24) is 9.80 Å². The molecular formula is C16H24F2N2O. The number of rotatable bonds is 5. The molecule has 1 aliphatic rings. The third-order valence-corrected chi connectivity index (χ3v) is 4.20. The highest BCUT2D eigenvalue weighted by Gasteiger charge is 2.22. The van der Waals surface area contributed by atoms with Crippen molar-refractivity contribution in [2.24, 2.45) is 0 Å². The Kier molecular flexibility index (Phi) is 5.67. The fraction of sp³-hybridized carbons (Fsp3) is 0.625. The molecule has 1 heterocycles. The summed E-state index contributed by atoms with van der Waals surface area (Å²) < 4.78 is 26.3. The molecule has 1 aromatic carbocycles. The quantitative estimate of drug-likeness (QED) is 0.904. The van der Waals surface area contributed by atoms with Crippen molar-refractivity contribution in [1.29, 1.82) is 0 Å². The van der Waals surface area contributed by atoms with Crippen LogP contribution >= 0.6 is 0 Å². The molecule has 1 aromatic rings. The standard InChI is InChI=1S/C16H24F2N2O/c1-19(2)15-4-3-6-20(11-15)7-5-16(21)12-8-13(17)10-14(18)9-12/h8-10,15-16,21H,3-7,11H2,1-2H3. The topological polar surface area (TPSA) is 26.7 Å². The first-order valence-electron chi connectivity index (χ1n) is 7.48. The van der Waals surface area contributed by atoms with Gasteiger partial charge in [-0.1, -0.05) is 0 Å². The number of hydrogen-bond donors (Lipinski definition) is 1. The first-order chi connectivity index (χ1) is 9.95. The fourth-order valence-electron chi connectivity index (χ4n) is 2.89. The summed E-state index contributed by atoms with van der Waals surface area (Å²) in [6.45, 7) is 2.75. The van der Waals surface area contributed by atoms with Gasteiger partial charge in [-0.15, -0.1) is 0 Å². The van der Waals surface area contributed by atoms with Crippen LogP contribution in [-0.2, 0) is 0 Å². The van der Waals surface area contributed by atoms with E-state index >= 15 is 0 Å². The van der Waals surface area contributed by atoms with Crippen molar-refractivity contribution >= 4 is 0 Å². The van der Waals surface area contributed by atoms with Crippen LogP contribution in [0.1, 0.15) is 30.9 Å². The van der Waals surface area contributed by atoms with E-state index in [1.807, 2.05) is 0 Å². The molecule has 0 radical (unpaired) electrons. The SMILES string of the molecule is CN(C)C1CCCN(CCC(O)c2cc(F)cc(F)c2)C1. The summed E-state index contributed by atoms with van der Waals surface area (Å²) in [5, 5.41) is 10.1. The molecule has 0 aliphatic carbocycles. The molecule has 0 bridgehead atoms. The van der Waals surface area contributed by atoms with E-state index in [4.69, 9.17) is 0 Å². The van der Waals surface area contributed by atoms with E-state index in [1.54, 1.807) is 0 Å². The molecule has 1 saturated heterocycles. The highest BCUT2D eigenvalue weighted by Crippen LogP contribution is 2.21. The molecule has 2 unspecified atom stereocenters. The molecule has 3 nitrogen and oxygen atoms in total. The number of nitrogens with zero attached hydrogens (tertiary/aromatic N) is 2. The summed E-state index contributed by atoms with van der Waals surface area (Å²) in [5.74, 6) is -1.29. The lowest BCUT2D eigenvalue weighted by atomic mass is 10.0. The molecule has 0 spiro atoms. The van der Waals surface area contributed by atoms with Crippen LogP contribution < -0.4 is 0 Å². The van der Waals surface area contributed by atoms with Gasteiger partial charge in [0.15, 0.2) is 0 Å². The van der Waals surface area contributed by atoms with E-state index in [9.17, 15) is 13.9 Å². The van der Waals surface area contributed by atoms with Gasteiger partial charge in [0.2, 0.25) is 0 Å². The summed E-state index contributed by atoms with van der Waals surface area (Å²) in [5.41, 5.74) is 0.314. The number of likely N-dealkylation sites (N-methyl/N-ethyl adjacent to an activating group) is 1. The number of likely N-dealkylation sites (tertiary alicyclic amines) is 1. The summed E-state index contributed by atoms with van der Waals surface area (Å²) >= 11 is 0. The second kappa shape index (κ2) is 7.29. The third kappa shape index (κ3) is 4.73. The number of hydrogen-bond acceptors (Lipinski definition) is 3. The van der Waals surface area contributed by atoms with E-state index < -0.39 is 17.7 Å². The van der Waals surface area contributed by atoms with Crippen LogP contribution in [0.5, 0.6) is 0 Å². The summed E-state index contributed by atoms with van der Waals surface area (Å²) in [4.78, 5) is 4.54. The zero-order valence-electron chi connectivity index (χ0n) is 12.7. The molecule has 0 saturated carbocycles. The van der Waals surface area contributed by atoms with Crippen molar-refractivity contribution in [3.05, 3.63) is 35.4 Å². The fourth-order valence-corrected chi connectivity index (χ4v) is 2.89. The predicted molar refractivity (Wildman–Crippen MR) is 79.1 cm³/mol. The van der Waals surface area contributed by atoms with E-state index in [-0.39, 0.29) is 0 Å². The Bertz CT molecular complexity index is 447. The zero-order valence-corrected chi connectivity index (χ0v) is 12.7. The molecule has 1 N–H and O–H groups in total. The van der Waals surface area contributed by atoms with Crippen LogP contribution in [0, 0.1) is 11.6 Å². The molecule has 1 aliphatic heterocycles. The van der Waals surface area contributed by atoms with Gasteiger partial charge >= 0.3 is 0 Å². The largest absolute Gasteiger partial charge is 0.388 e. The Balaban J connectivity index is 1.87. The third-order valence-electron chi connectivity index (χ3n) is 4.20. The average molecular weight is 298 g/mol. The number of aliphatic hydroxyl groups is 1. The Morgan fingerprint density at radius 1 is 1.29 bits per heavy atom. The molecule has 2 rings (SSSR count). The van der Waals surface area contributed by atoms with Gasteiger partial charge in [-0.25, -0.2) is 8.78 Å². The van der Waals surface area contributed by atoms with Crippen LogP contribution in [0.4, 0.5) is 8.78 Å². The number of aliphatic hydroxyl groups excluding tert-OH is 1. The monoisotopic (exact) mass is 298 g/mol. The van der Waals surface area contributed by atoms with Crippen LogP contribution in [0.3, 0.4) is 0 Å². The van der Waals surface area contributed by atoms with Gasteiger partial charge < -0.3 is 14.9 Å². The highest BCUT2D eigenvalue weighted by atomic mass is 19.1. The minimum absolute atomic E-state index is 0.314. The van der Waals surface area contributed by atoms with E-state index in [2.05, 4.69) is 23.9 Å². The molecule has 0 aromatic heterocycles. The molecule has 118 valence electrons. The second-order valence-electron chi connectivity index (χ2n) is 6.07. The van der Waals surface area contributed by atoms with Gasteiger partial charge in [0, 0.05) is 25.2 Å². The lowest BCUT2D eigenvalue weighted by molar-refractivity contribution is 0.102. The highest BCUT2D eigenvalue weighted by molar-refractivity contribution is 5.20. The van der Waals surface area contributed by atoms with E-state index in [1.165, 1.54) is 18.6 Å². The van der Waals surface area contributed by atoms with Crippen LogP contribution in [-0.4, -0.2) is 54.7 Å². The van der Waals surface area contributed by atoms with Crippen molar-refractivity contribution in [3.8, 4) is 0 Å². The lowest BCUT2D eigenvalue weighted by Crippen LogP contribution is -2.45. The summed E-state index contributed by atoms with van der Waals surface area (Å²) in [6, 6.07) is 3.77. The number of piperidine rings is 1. The Morgan fingerprint density at radius 2 is 1.95 bits per heavy atom. The normalized spacial score (nSPS) is 21.7. The average Bonchev–Trinajstić information content (AvgIpc) is 2.44. The maximum Gasteiger partial charge on any atom is 0.126 e. The van der Waals surface area contributed by atoms with Crippen LogP contribution in [0.25, 0.3) is 0 Å². The van der Waals surface area contributed by atoms with Gasteiger partial charge in [0.1, 0.15) is 11.6 Å². The number of benzene rings is 1. The van der Waals surface area contributed by atoms with Crippen molar-refractivity contribution in [2.75, 3.05) is 33.7 Å². The minimum Gasteiger partial charge on any atom is -0.388 e. The zero-order chi connectivity index (χ0) is 15.4. The lowest BCUT2D eigenvalue weighted by Gasteiger charge is -2.36. The second-order valence-corrected chi connectivity index (χ2v) is 6.07. The van der Waals surface area contributed by atoms with E-state index in [0.717, 1.165) is 32.1 Å². The molecule has 0 amide bonds. The maximum atomic E-state index is 13.2. The van der Waals surface area contributed by atoms with Crippen LogP contribution in [0.2, 0.25) is 0 Å². The van der Waals surface area contributed by atoms with Crippen molar-refractivity contribution < 1.29 is 13.9 Å². The first kappa shape index (κ1) is 16.3. The van der Waals surface area contributed by atoms with Crippen molar-refractivity contribution in [2.45, 2.75) is 31.4 Å². The maximum absolute atomic E-state index is 13.2. The Hall–Kier alpha value is -1.04. The number of halogens is 2. The molecular weight excluding hydrogens is 274 g/mol.